The van der Waals surface area contributed by atoms with Gasteiger partial charge < -0.3 is 10.6 Å². The molecule has 1 atom stereocenters. The lowest BCUT2D eigenvalue weighted by Gasteiger charge is -2.20. The molecule has 2 N–H and O–H groups in total. The standard InChI is InChI=1S/C8H12N2O2S/c9-7(11)6-3-13-4-10(6)8(12)5-1-2-5/h5-6H,1-4H2,(H2,9,11). The Labute approximate surface area is 80.8 Å². The van der Waals surface area contributed by atoms with Crippen LogP contribution in [-0.2, 0) is 9.59 Å². The fraction of sp³-hybridized carbons (Fsp3) is 0.750. The molecule has 1 heterocycles. The molecule has 2 amide bonds. The van der Waals surface area contributed by atoms with Crippen LogP contribution in [0.5, 0.6) is 0 Å². The summed E-state index contributed by atoms with van der Waals surface area (Å²) in [4.78, 5) is 24.2. The molecule has 13 heavy (non-hydrogen) atoms. The highest BCUT2D eigenvalue weighted by Gasteiger charge is 2.40. The zero-order chi connectivity index (χ0) is 9.42. The van der Waals surface area contributed by atoms with Crippen LogP contribution in [0.3, 0.4) is 0 Å². The van der Waals surface area contributed by atoms with E-state index in [-0.39, 0.29) is 23.8 Å². The minimum Gasteiger partial charge on any atom is -0.368 e. The monoisotopic (exact) mass is 200 g/mol. The molecule has 2 aliphatic rings. The Morgan fingerprint density at radius 2 is 2.08 bits per heavy atom. The summed E-state index contributed by atoms with van der Waals surface area (Å²) in [6, 6.07) is -0.363. The van der Waals surface area contributed by atoms with Gasteiger partial charge in [0.1, 0.15) is 6.04 Å². The molecule has 2 rings (SSSR count). The van der Waals surface area contributed by atoms with E-state index in [1.165, 1.54) is 0 Å². The van der Waals surface area contributed by atoms with Gasteiger partial charge in [-0.15, -0.1) is 11.8 Å². The third kappa shape index (κ3) is 1.65. The van der Waals surface area contributed by atoms with Gasteiger partial charge in [-0.3, -0.25) is 9.59 Å². The molecule has 1 unspecified atom stereocenters. The van der Waals surface area contributed by atoms with Crippen molar-refractivity contribution >= 4 is 23.6 Å². The summed E-state index contributed by atoms with van der Waals surface area (Å²) in [6.45, 7) is 0. The smallest absolute Gasteiger partial charge is 0.241 e. The summed E-state index contributed by atoms with van der Waals surface area (Å²) < 4.78 is 0. The Morgan fingerprint density at radius 3 is 2.62 bits per heavy atom. The summed E-state index contributed by atoms with van der Waals surface area (Å²) in [5.41, 5.74) is 5.20. The maximum absolute atomic E-state index is 11.6. The second-order valence-electron chi connectivity index (χ2n) is 3.50. The Balaban J connectivity index is 2.03. The van der Waals surface area contributed by atoms with E-state index in [1.807, 2.05) is 0 Å². The molecule has 0 bridgehead atoms. The number of primary amides is 1. The van der Waals surface area contributed by atoms with Gasteiger partial charge >= 0.3 is 0 Å². The van der Waals surface area contributed by atoms with Gasteiger partial charge in [0.25, 0.3) is 0 Å². The van der Waals surface area contributed by atoms with Crippen LogP contribution in [0.2, 0.25) is 0 Å². The molecule has 1 saturated carbocycles. The summed E-state index contributed by atoms with van der Waals surface area (Å²) in [6.07, 6.45) is 1.96. The lowest BCUT2D eigenvalue weighted by Crippen LogP contribution is -2.45. The van der Waals surface area contributed by atoms with Crippen molar-refractivity contribution in [1.82, 2.24) is 4.90 Å². The molecule has 0 aromatic heterocycles. The number of carbonyl (C=O) groups is 2. The minimum absolute atomic E-state index is 0.119. The summed E-state index contributed by atoms with van der Waals surface area (Å²) in [5.74, 6) is 1.21. The van der Waals surface area contributed by atoms with E-state index in [2.05, 4.69) is 0 Å². The van der Waals surface area contributed by atoms with Gasteiger partial charge in [0.05, 0.1) is 5.88 Å². The maximum Gasteiger partial charge on any atom is 0.241 e. The van der Waals surface area contributed by atoms with Crippen molar-refractivity contribution < 1.29 is 9.59 Å². The third-order valence-corrected chi connectivity index (χ3v) is 3.43. The molecular weight excluding hydrogens is 188 g/mol. The van der Waals surface area contributed by atoms with Crippen LogP contribution in [0.25, 0.3) is 0 Å². The van der Waals surface area contributed by atoms with E-state index in [9.17, 15) is 9.59 Å². The van der Waals surface area contributed by atoms with Gasteiger partial charge in [0.15, 0.2) is 0 Å². The third-order valence-electron chi connectivity index (χ3n) is 2.42. The van der Waals surface area contributed by atoms with Gasteiger partial charge in [-0.1, -0.05) is 0 Å². The average Bonchev–Trinajstić information content (AvgIpc) is 2.80. The second-order valence-corrected chi connectivity index (χ2v) is 4.50. The second kappa shape index (κ2) is 3.21. The van der Waals surface area contributed by atoms with Crippen LogP contribution >= 0.6 is 11.8 Å². The van der Waals surface area contributed by atoms with E-state index in [4.69, 9.17) is 5.73 Å². The molecule has 1 saturated heterocycles. The molecule has 0 spiro atoms. The summed E-state index contributed by atoms with van der Waals surface area (Å²) >= 11 is 1.60. The summed E-state index contributed by atoms with van der Waals surface area (Å²) in [7, 11) is 0. The van der Waals surface area contributed by atoms with Gasteiger partial charge in [-0.2, -0.15) is 0 Å². The van der Waals surface area contributed by atoms with Crippen molar-refractivity contribution in [3.63, 3.8) is 0 Å². The Bertz CT molecular complexity index is 253. The van der Waals surface area contributed by atoms with Crippen molar-refractivity contribution in [2.75, 3.05) is 11.6 Å². The molecule has 1 aliphatic carbocycles. The first-order valence-corrected chi connectivity index (χ1v) is 5.53. The van der Waals surface area contributed by atoms with Crippen LogP contribution in [0.1, 0.15) is 12.8 Å². The first kappa shape index (κ1) is 8.87. The topological polar surface area (TPSA) is 63.4 Å². The lowest BCUT2D eigenvalue weighted by molar-refractivity contribution is -0.137. The Morgan fingerprint density at radius 1 is 1.38 bits per heavy atom. The molecule has 0 radical (unpaired) electrons. The van der Waals surface area contributed by atoms with Crippen molar-refractivity contribution in [2.24, 2.45) is 11.7 Å². The normalized spacial score (nSPS) is 27.7. The number of hydrogen-bond donors (Lipinski definition) is 1. The van der Waals surface area contributed by atoms with Crippen LogP contribution in [0.15, 0.2) is 0 Å². The van der Waals surface area contributed by atoms with E-state index in [1.54, 1.807) is 16.7 Å². The quantitative estimate of drug-likeness (QED) is 0.670. The SMILES string of the molecule is NC(=O)C1CSCN1C(=O)C1CC1. The van der Waals surface area contributed by atoms with E-state index >= 15 is 0 Å². The molecule has 4 nitrogen and oxygen atoms in total. The predicted molar refractivity (Wildman–Crippen MR) is 49.9 cm³/mol. The number of amides is 2. The van der Waals surface area contributed by atoms with Gasteiger partial charge in [-0.05, 0) is 12.8 Å². The van der Waals surface area contributed by atoms with E-state index < -0.39 is 0 Å². The van der Waals surface area contributed by atoms with Crippen LogP contribution in [0.4, 0.5) is 0 Å². The highest BCUT2D eigenvalue weighted by Crippen LogP contribution is 2.34. The Kier molecular flexibility index (Phi) is 2.19. The first-order chi connectivity index (χ1) is 6.20. The highest BCUT2D eigenvalue weighted by atomic mass is 32.2. The highest BCUT2D eigenvalue weighted by molar-refractivity contribution is 7.99. The number of thioether (sulfide) groups is 1. The van der Waals surface area contributed by atoms with Crippen LogP contribution in [-0.4, -0.2) is 34.4 Å². The van der Waals surface area contributed by atoms with Crippen LogP contribution < -0.4 is 5.73 Å². The fourth-order valence-electron chi connectivity index (χ4n) is 1.46. The Hall–Kier alpha value is -0.710. The molecule has 1 aliphatic heterocycles. The zero-order valence-electron chi connectivity index (χ0n) is 7.23. The fourth-order valence-corrected chi connectivity index (χ4v) is 2.64. The van der Waals surface area contributed by atoms with Gasteiger partial charge in [0.2, 0.25) is 11.8 Å². The maximum atomic E-state index is 11.6. The lowest BCUT2D eigenvalue weighted by atomic mass is 10.2. The molecule has 0 aromatic carbocycles. The number of carbonyl (C=O) groups excluding carboxylic acids is 2. The van der Waals surface area contributed by atoms with Gasteiger partial charge in [0, 0.05) is 11.7 Å². The van der Waals surface area contributed by atoms with Crippen molar-refractivity contribution in [3.05, 3.63) is 0 Å². The number of nitrogens with two attached hydrogens (primary N) is 1. The van der Waals surface area contributed by atoms with Crippen molar-refractivity contribution in [2.45, 2.75) is 18.9 Å². The molecule has 72 valence electrons. The van der Waals surface area contributed by atoms with Crippen molar-refractivity contribution in [1.29, 1.82) is 0 Å². The summed E-state index contributed by atoms with van der Waals surface area (Å²) in [5, 5.41) is 0. The molecular formula is C8H12N2O2S. The zero-order valence-corrected chi connectivity index (χ0v) is 8.05. The van der Waals surface area contributed by atoms with Crippen molar-refractivity contribution in [3.8, 4) is 0 Å². The number of hydrogen-bond acceptors (Lipinski definition) is 3. The molecule has 0 aromatic rings. The molecule has 2 fully saturated rings. The largest absolute Gasteiger partial charge is 0.368 e. The van der Waals surface area contributed by atoms with E-state index in [0.29, 0.717) is 11.6 Å². The molecule has 5 heteroatoms. The minimum atomic E-state index is -0.376. The van der Waals surface area contributed by atoms with Gasteiger partial charge in [-0.25, -0.2) is 0 Å². The van der Waals surface area contributed by atoms with Crippen LogP contribution in [0, 0.1) is 5.92 Å². The van der Waals surface area contributed by atoms with E-state index in [0.717, 1.165) is 12.8 Å². The predicted octanol–water partition coefficient (Wildman–Crippen LogP) is -0.217. The first-order valence-electron chi connectivity index (χ1n) is 4.37. The average molecular weight is 200 g/mol. The number of nitrogens with zero attached hydrogens (tertiary/aromatic N) is 1. The number of rotatable bonds is 2.